The number of carbonyl (C=O) groups is 1. The van der Waals surface area contributed by atoms with Crippen LogP contribution in [0.2, 0.25) is 0 Å². The number of carboxylic acid groups (broad SMARTS) is 1. The van der Waals surface area contributed by atoms with Gasteiger partial charge in [0.15, 0.2) is 0 Å². The maximum Gasteiger partial charge on any atom is 0.311 e. The van der Waals surface area contributed by atoms with Gasteiger partial charge in [-0.05, 0) is 47.9 Å². The first kappa shape index (κ1) is 18.7. The minimum Gasteiger partial charge on any atom is -0.508 e. The van der Waals surface area contributed by atoms with Crippen LogP contribution in [0.1, 0.15) is 17.0 Å². The number of phenols is 3. The predicted octanol–water partition coefficient (Wildman–Crippen LogP) is 4.37. The molecule has 0 aromatic heterocycles. The summed E-state index contributed by atoms with van der Waals surface area (Å²) < 4.78 is 0. The minimum absolute atomic E-state index is 0.0245. The summed E-state index contributed by atoms with van der Waals surface area (Å²) in [4.78, 5) is 13.0. The van der Waals surface area contributed by atoms with E-state index in [4.69, 9.17) is 0 Å². The van der Waals surface area contributed by atoms with E-state index >= 15 is 0 Å². The van der Waals surface area contributed by atoms with Crippen LogP contribution >= 0.6 is 11.8 Å². The molecule has 0 saturated carbocycles. The molecule has 0 spiro atoms. The first-order valence-corrected chi connectivity index (χ1v) is 9.05. The van der Waals surface area contributed by atoms with Gasteiger partial charge in [-0.3, -0.25) is 4.79 Å². The van der Waals surface area contributed by atoms with Crippen LogP contribution in [0.25, 0.3) is 0 Å². The Morgan fingerprint density at radius 2 is 1.48 bits per heavy atom. The van der Waals surface area contributed by atoms with Crippen LogP contribution in [0, 0.1) is 0 Å². The molecule has 0 heterocycles. The highest BCUT2D eigenvalue weighted by Gasteiger charge is 2.24. The summed E-state index contributed by atoms with van der Waals surface area (Å²) in [5, 5.41) is 39.2. The summed E-state index contributed by atoms with van der Waals surface area (Å²) in [6, 6.07) is 18.1. The minimum atomic E-state index is -0.999. The van der Waals surface area contributed by atoms with Crippen molar-refractivity contribution in [3.63, 3.8) is 0 Å². The summed E-state index contributed by atoms with van der Waals surface area (Å²) in [5.74, 6) is -2.05. The number of rotatable bonds is 6. The van der Waals surface area contributed by atoms with E-state index in [0.29, 0.717) is 15.4 Å². The lowest BCUT2D eigenvalue weighted by Gasteiger charge is -2.18. The maximum atomic E-state index is 12.0. The zero-order valence-electron chi connectivity index (χ0n) is 14.2. The Hall–Kier alpha value is -3.12. The molecule has 0 bridgehead atoms. The number of hydrogen-bond acceptors (Lipinski definition) is 5. The van der Waals surface area contributed by atoms with Crippen LogP contribution in [-0.4, -0.2) is 26.4 Å². The van der Waals surface area contributed by atoms with Gasteiger partial charge in [-0.2, -0.15) is 0 Å². The van der Waals surface area contributed by atoms with Crippen LogP contribution in [0.3, 0.4) is 0 Å². The van der Waals surface area contributed by atoms with Crippen molar-refractivity contribution in [1.82, 2.24) is 0 Å². The number of aromatic hydroxyl groups is 3. The van der Waals surface area contributed by atoms with Crippen LogP contribution in [0.15, 0.2) is 76.5 Å². The van der Waals surface area contributed by atoms with E-state index in [2.05, 4.69) is 0 Å². The van der Waals surface area contributed by atoms with Crippen LogP contribution < -0.4 is 0 Å². The highest BCUT2D eigenvalue weighted by atomic mass is 32.2. The molecule has 0 fully saturated rings. The normalized spacial score (nSPS) is 11.9. The molecule has 27 heavy (non-hydrogen) atoms. The van der Waals surface area contributed by atoms with Crippen molar-refractivity contribution in [3.8, 4) is 17.2 Å². The molecule has 0 amide bonds. The quantitative estimate of drug-likeness (QED) is 0.505. The molecule has 0 aliphatic carbocycles. The van der Waals surface area contributed by atoms with Crippen molar-refractivity contribution in [2.45, 2.75) is 22.1 Å². The van der Waals surface area contributed by atoms with Gasteiger partial charge in [-0.25, -0.2) is 0 Å². The van der Waals surface area contributed by atoms with Gasteiger partial charge in [0.1, 0.15) is 17.2 Å². The van der Waals surface area contributed by atoms with E-state index in [0.717, 1.165) is 5.56 Å². The first-order chi connectivity index (χ1) is 12.9. The summed E-state index contributed by atoms with van der Waals surface area (Å²) in [6.07, 6.45) is 0.273. The van der Waals surface area contributed by atoms with E-state index in [9.17, 15) is 25.2 Å². The molecule has 3 aromatic rings. The molecule has 3 rings (SSSR count). The third-order valence-corrected chi connectivity index (χ3v) is 5.27. The smallest absolute Gasteiger partial charge is 0.311 e. The summed E-state index contributed by atoms with van der Waals surface area (Å²) in [7, 11) is 0. The molecular formula is C21H18O5S. The summed E-state index contributed by atoms with van der Waals surface area (Å²) in [6.45, 7) is 0. The molecule has 5 nitrogen and oxygen atoms in total. The summed E-state index contributed by atoms with van der Waals surface area (Å²) >= 11 is 1.18. The molecule has 0 radical (unpaired) electrons. The molecule has 6 heteroatoms. The number of hydrogen-bond donors (Lipinski definition) is 4. The molecule has 1 unspecified atom stereocenters. The molecule has 0 aliphatic heterocycles. The van der Waals surface area contributed by atoms with Gasteiger partial charge in [0.2, 0.25) is 0 Å². The van der Waals surface area contributed by atoms with Gasteiger partial charge in [0, 0.05) is 11.0 Å². The fourth-order valence-electron chi connectivity index (χ4n) is 2.79. The number of carboxylic acids is 1. The second-order valence-corrected chi connectivity index (χ2v) is 7.14. The van der Waals surface area contributed by atoms with Crippen molar-refractivity contribution in [2.24, 2.45) is 0 Å². The SMILES string of the molecule is O=C(O)C(Cc1ccccc1)c1cc(O)ccc1Sc1ccc(O)cc1O. The van der Waals surface area contributed by atoms with Crippen molar-refractivity contribution in [3.05, 3.63) is 77.9 Å². The standard InChI is InChI=1S/C21H18O5S/c22-14-6-8-19(27-20-9-7-15(23)12-18(20)24)16(11-14)17(21(25)26)10-13-4-2-1-3-5-13/h1-9,11-12,17,22-24H,10H2,(H,25,26). The Balaban J connectivity index is 1.99. The van der Waals surface area contributed by atoms with Crippen LogP contribution in [0.4, 0.5) is 0 Å². The highest BCUT2D eigenvalue weighted by molar-refractivity contribution is 7.99. The lowest BCUT2D eigenvalue weighted by Crippen LogP contribution is -2.15. The first-order valence-electron chi connectivity index (χ1n) is 8.23. The number of aliphatic carboxylic acids is 1. The molecule has 3 aromatic carbocycles. The molecule has 1 atom stereocenters. The van der Waals surface area contributed by atoms with Crippen molar-refractivity contribution < 1.29 is 25.2 Å². The lowest BCUT2D eigenvalue weighted by molar-refractivity contribution is -0.138. The fourth-order valence-corrected chi connectivity index (χ4v) is 3.78. The van der Waals surface area contributed by atoms with E-state index in [1.54, 1.807) is 12.1 Å². The molecule has 4 N–H and O–H groups in total. The van der Waals surface area contributed by atoms with Crippen LogP contribution in [0.5, 0.6) is 17.2 Å². The topological polar surface area (TPSA) is 98.0 Å². The second-order valence-electron chi connectivity index (χ2n) is 6.06. The number of benzene rings is 3. The third-order valence-electron chi connectivity index (χ3n) is 4.11. The predicted molar refractivity (Wildman–Crippen MR) is 103 cm³/mol. The molecule has 138 valence electrons. The average molecular weight is 382 g/mol. The van der Waals surface area contributed by atoms with Gasteiger partial charge >= 0.3 is 5.97 Å². The Bertz CT molecular complexity index is 956. The average Bonchev–Trinajstić information content (AvgIpc) is 2.64. The Morgan fingerprint density at radius 3 is 2.11 bits per heavy atom. The zero-order valence-corrected chi connectivity index (χ0v) is 15.1. The molecule has 0 aliphatic rings. The van der Waals surface area contributed by atoms with E-state index in [-0.39, 0.29) is 23.7 Å². The lowest BCUT2D eigenvalue weighted by atomic mass is 9.92. The third kappa shape index (κ3) is 4.54. The summed E-state index contributed by atoms with van der Waals surface area (Å²) in [5.41, 5.74) is 1.33. The van der Waals surface area contributed by atoms with E-state index < -0.39 is 11.9 Å². The zero-order chi connectivity index (χ0) is 19.4. The van der Waals surface area contributed by atoms with E-state index in [1.807, 2.05) is 30.3 Å². The van der Waals surface area contributed by atoms with Gasteiger partial charge in [-0.1, -0.05) is 42.1 Å². The number of phenolic OH excluding ortho intramolecular Hbond substituents is 3. The largest absolute Gasteiger partial charge is 0.508 e. The Morgan fingerprint density at radius 1 is 0.852 bits per heavy atom. The Labute approximate surface area is 160 Å². The van der Waals surface area contributed by atoms with Crippen LogP contribution in [-0.2, 0) is 11.2 Å². The Kier molecular flexibility index (Phi) is 5.57. The van der Waals surface area contributed by atoms with Gasteiger partial charge in [0.05, 0.1) is 10.8 Å². The van der Waals surface area contributed by atoms with Gasteiger partial charge < -0.3 is 20.4 Å². The van der Waals surface area contributed by atoms with E-state index in [1.165, 1.54) is 36.0 Å². The van der Waals surface area contributed by atoms with Gasteiger partial charge in [-0.15, -0.1) is 0 Å². The molecule has 0 saturated heterocycles. The van der Waals surface area contributed by atoms with Gasteiger partial charge in [0.25, 0.3) is 0 Å². The molecular weight excluding hydrogens is 364 g/mol. The highest BCUT2D eigenvalue weighted by Crippen LogP contribution is 2.41. The van der Waals surface area contributed by atoms with Crippen molar-refractivity contribution >= 4 is 17.7 Å². The maximum absolute atomic E-state index is 12.0. The van der Waals surface area contributed by atoms with Crippen molar-refractivity contribution in [2.75, 3.05) is 0 Å². The second kappa shape index (κ2) is 8.05. The fraction of sp³-hybridized carbons (Fsp3) is 0.0952. The monoisotopic (exact) mass is 382 g/mol. The van der Waals surface area contributed by atoms with Crippen molar-refractivity contribution in [1.29, 1.82) is 0 Å².